The van der Waals surface area contributed by atoms with Gasteiger partial charge in [-0.15, -0.1) is 5.06 Å². The zero-order valence-electron chi connectivity index (χ0n) is 14.5. The van der Waals surface area contributed by atoms with E-state index in [4.69, 9.17) is 9.39 Å². The normalized spacial score (nSPS) is 20.4. The van der Waals surface area contributed by atoms with Gasteiger partial charge in [0.15, 0.2) is 5.25 Å². The lowest BCUT2D eigenvalue weighted by molar-refractivity contribution is -0.200. The molecule has 1 aliphatic rings. The number of amides is 3. The number of hydrogen-bond acceptors (Lipinski definition) is 7. The summed E-state index contributed by atoms with van der Waals surface area (Å²) >= 11 is 0. The van der Waals surface area contributed by atoms with Crippen molar-refractivity contribution in [3.8, 4) is 0 Å². The van der Waals surface area contributed by atoms with Crippen LogP contribution in [0.4, 0.5) is 0 Å². The van der Waals surface area contributed by atoms with Crippen LogP contribution in [0.3, 0.4) is 0 Å². The van der Waals surface area contributed by atoms with E-state index in [1.54, 1.807) is 21.0 Å². The molecule has 3 atom stereocenters. The molecule has 3 amide bonds. The summed E-state index contributed by atoms with van der Waals surface area (Å²) < 4.78 is 31.0. The molecule has 0 saturated carbocycles. The predicted octanol–water partition coefficient (Wildman–Crippen LogP) is -0.399. The number of hydroxylamine groups is 2. The summed E-state index contributed by atoms with van der Waals surface area (Å²) in [5.74, 6) is -4.70. The van der Waals surface area contributed by atoms with Crippen LogP contribution in [0, 0.1) is 11.8 Å². The number of hydrogen-bond donors (Lipinski definition) is 1. The summed E-state index contributed by atoms with van der Waals surface area (Å²) in [6, 6.07) is 0. The maximum atomic E-state index is 12.1. The Bertz CT molecular complexity index is 672. The minimum atomic E-state index is -4.77. The van der Waals surface area contributed by atoms with E-state index >= 15 is 0 Å². The molecular formula is C14H22N2O8S. The van der Waals surface area contributed by atoms with Gasteiger partial charge >= 0.3 is 5.97 Å². The fourth-order valence-corrected chi connectivity index (χ4v) is 3.13. The van der Waals surface area contributed by atoms with Gasteiger partial charge in [-0.1, -0.05) is 13.8 Å². The van der Waals surface area contributed by atoms with E-state index in [2.05, 4.69) is 0 Å². The van der Waals surface area contributed by atoms with Gasteiger partial charge in [0.25, 0.3) is 21.9 Å². The van der Waals surface area contributed by atoms with E-state index in [1.165, 1.54) is 11.8 Å². The number of nitrogens with zero attached hydrogens (tertiary/aromatic N) is 2. The largest absolute Gasteiger partial charge is 0.349 e. The van der Waals surface area contributed by atoms with Crippen molar-refractivity contribution in [1.29, 1.82) is 0 Å². The minimum absolute atomic E-state index is 0.0615. The second-order valence-electron chi connectivity index (χ2n) is 6.12. The standard InChI is InChI=1S/C14H22N2O8S/c1-5-9(12(18)15(3)4)6-8(2)14(20)24-16-11(17)7-10(13(16)19)25(21,22)23/h8-10H,5-7H2,1-4H3,(H,21,22,23). The Morgan fingerprint density at radius 3 is 2.32 bits per heavy atom. The van der Waals surface area contributed by atoms with E-state index in [1.807, 2.05) is 0 Å². The maximum absolute atomic E-state index is 12.1. The summed E-state index contributed by atoms with van der Waals surface area (Å²) in [6.45, 7) is 3.26. The van der Waals surface area contributed by atoms with Gasteiger partial charge in [-0.2, -0.15) is 8.42 Å². The van der Waals surface area contributed by atoms with Crippen molar-refractivity contribution in [2.24, 2.45) is 11.8 Å². The first-order valence-electron chi connectivity index (χ1n) is 7.66. The van der Waals surface area contributed by atoms with Crippen LogP contribution in [0.2, 0.25) is 0 Å². The van der Waals surface area contributed by atoms with E-state index in [0.29, 0.717) is 6.42 Å². The summed E-state index contributed by atoms with van der Waals surface area (Å²) in [4.78, 5) is 53.7. The topological polar surface area (TPSA) is 138 Å². The smallest absolute Gasteiger partial charge is 0.335 e. The van der Waals surface area contributed by atoms with Crippen LogP contribution < -0.4 is 0 Å². The molecule has 0 radical (unpaired) electrons. The van der Waals surface area contributed by atoms with Crippen molar-refractivity contribution in [2.45, 2.75) is 38.4 Å². The van der Waals surface area contributed by atoms with Gasteiger partial charge in [-0.25, -0.2) is 4.79 Å². The number of carbonyl (C=O) groups is 4. The molecule has 3 unspecified atom stereocenters. The quantitative estimate of drug-likeness (QED) is 0.466. The molecule has 0 aromatic rings. The highest BCUT2D eigenvalue weighted by atomic mass is 32.2. The molecule has 0 bridgehead atoms. The summed E-state index contributed by atoms with van der Waals surface area (Å²) in [5, 5.41) is -1.91. The summed E-state index contributed by atoms with van der Waals surface area (Å²) in [5.41, 5.74) is 0. The van der Waals surface area contributed by atoms with Gasteiger partial charge in [-0.05, 0) is 12.8 Å². The number of imide groups is 1. The van der Waals surface area contributed by atoms with Gasteiger partial charge in [-0.3, -0.25) is 18.9 Å². The molecule has 1 aliphatic heterocycles. The van der Waals surface area contributed by atoms with Crippen molar-refractivity contribution >= 4 is 33.8 Å². The molecule has 1 N–H and O–H groups in total. The Hall–Kier alpha value is -2.01. The predicted molar refractivity (Wildman–Crippen MR) is 84.2 cm³/mol. The SMILES string of the molecule is CCC(CC(C)C(=O)ON1C(=O)CC(S(=O)(=O)O)C1=O)C(=O)N(C)C. The molecule has 25 heavy (non-hydrogen) atoms. The third-order valence-corrected chi connectivity index (χ3v) is 5.01. The van der Waals surface area contributed by atoms with Crippen molar-refractivity contribution < 1.29 is 37.0 Å². The molecule has 1 fully saturated rings. The molecule has 0 aliphatic carbocycles. The molecular weight excluding hydrogens is 356 g/mol. The average molecular weight is 378 g/mol. The van der Waals surface area contributed by atoms with E-state index in [-0.39, 0.29) is 17.4 Å². The van der Waals surface area contributed by atoms with Gasteiger partial charge < -0.3 is 9.74 Å². The van der Waals surface area contributed by atoms with Crippen LogP contribution in [-0.2, 0) is 34.1 Å². The van der Waals surface area contributed by atoms with E-state index < -0.39 is 51.4 Å². The Kier molecular flexibility index (Phi) is 6.66. The monoisotopic (exact) mass is 378 g/mol. The average Bonchev–Trinajstić information content (AvgIpc) is 2.79. The lowest BCUT2D eigenvalue weighted by Crippen LogP contribution is -2.38. The highest BCUT2D eigenvalue weighted by Gasteiger charge is 2.48. The zero-order valence-corrected chi connectivity index (χ0v) is 15.3. The van der Waals surface area contributed by atoms with Crippen LogP contribution >= 0.6 is 0 Å². The second-order valence-corrected chi connectivity index (χ2v) is 7.72. The number of carbonyl (C=O) groups excluding carboxylic acids is 4. The number of rotatable bonds is 7. The van der Waals surface area contributed by atoms with Crippen molar-refractivity contribution in [1.82, 2.24) is 9.96 Å². The van der Waals surface area contributed by atoms with Crippen LogP contribution in [0.25, 0.3) is 0 Å². The van der Waals surface area contributed by atoms with E-state index in [9.17, 15) is 27.6 Å². The first-order valence-corrected chi connectivity index (χ1v) is 9.16. The molecule has 0 aromatic carbocycles. The maximum Gasteiger partial charge on any atom is 0.335 e. The fourth-order valence-electron chi connectivity index (χ4n) is 2.42. The molecule has 1 rings (SSSR count). The van der Waals surface area contributed by atoms with Gasteiger partial charge in [0.05, 0.1) is 12.3 Å². The van der Waals surface area contributed by atoms with Crippen LogP contribution in [0.1, 0.15) is 33.1 Å². The third kappa shape index (κ3) is 4.98. The third-order valence-electron chi connectivity index (χ3n) is 3.93. The molecule has 142 valence electrons. The molecule has 1 heterocycles. The van der Waals surface area contributed by atoms with Gasteiger partial charge in [0, 0.05) is 20.0 Å². The Morgan fingerprint density at radius 2 is 1.92 bits per heavy atom. The zero-order chi connectivity index (χ0) is 19.5. The van der Waals surface area contributed by atoms with Crippen molar-refractivity contribution in [3.05, 3.63) is 0 Å². The highest BCUT2D eigenvalue weighted by molar-refractivity contribution is 7.87. The molecule has 11 heteroatoms. The van der Waals surface area contributed by atoms with Crippen LogP contribution in [0.5, 0.6) is 0 Å². The van der Waals surface area contributed by atoms with Gasteiger partial charge in [0.1, 0.15) is 0 Å². The first kappa shape index (κ1) is 21.0. The molecule has 1 saturated heterocycles. The van der Waals surface area contributed by atoms with Crippen LogP contribution in [0.15, 0.2) is 0 Å². The molecule has 0 spiro atoms. The molecule has 0 aromatic heterocycles. The van der Waals surface area contributed by atoms with Crippen molar-refractivity contribution in [3.63, 3.8) is 0 Å². The summed E-state index contributed by atoms with van der Waals surface area (Å²) in [6.07, 6.45) is -0.165. The lowest BCUT2D eigenvalue weighted by Gasteiger charge is -2.22. The fraction of sp³-hybridized carbons (Fsp3) is 0.714. The minimum Gasteiger partial charge on any atom is -0.349 e. The second kappa shape index (κ2) is 7.91. The summed E-state index contributed by atoms with van der Waals surface area (Å²) in [7, 11) is -1.59. The molecule has 10 nitrogen and oxygen atoms in total. The van der Waals surface area contributed by atoms with Crippen LogP contribution in [-0.4, -0.2) is 66.0 Å². The van der Waals surface area contributed by atoms with Gasteiger partial charge in [0.2, 0.25) is 5.91 Å². The Morgan fingerprint density at radius 1 is 1.36 bits per heavy atom. The first-order chi connectivity index (χ1) is 11.4. The highest BCUT2D eigenvalue weighted by Crippen LogP contribution is 2.23. The lowest BCUT2D eigenvalue weighted by atomic mass is 9.92. The van der Waals surface area contributed by atoms with Crippen molar-refractivity contribution in [2.75, 3.05) is 14.1 Å². The Labute approximate surface area is 145 Å². The Balaban J connectivity index is 2.77. The van der Waals surface area contributed by atoms with E-state index in [0.717, 1.165) is 0 Å².